The SMILES string of the molecule is CC(O)c1cnc2cc(F)ccc2c1N. The number of aliphatic hydroxyl groups excluding tert-OH is 1. The molecule has 0 saturated carbocycles. The summed E-state index contributed by atoms with van der Waals surface area (Å²) >= 11 is 0. The zero-order valence-corrected chi connectivity index (χ0v) is 8.24. The number of benzene rings is 1. The van der Waals surface area contributed by atoms with Crippen LogP contribution in [0, 0.1) is 5.82 Å². The Hall–Kier alpha value is -1.68. The number of pyridine rings is 1. The molecule has 1 aromatic carbocycles. The van der Waals surface area contributed by atoms with E-state index in [4.69, 9.17) is 5.73 Å². The second-order valence-electron chi connectivity index (χ2n) is 3.46. The predicted molar refractivity (Wildman–Crippen MR) is 56.7 cm³/mol. The Morgan fingerprint density at radius 3 is 2.87 bits per heavy atom. The molecule has 0 bridgehead atoms. The Morgan fingerprint density at radius 1 is 1.47 bits per heavy atom. The van der Waals surface area contributed by atoms with Crippen LogP contribution in [0.5, 0.6) is 0 Å². The van der Waals surface area contributed by atoms with Crippen LogP contribution >= 0.6 is 0 Å². The molecule has 0 aliphatic carbocycles. The van der Waals surface area contributed by atoms with Crippen molar-refractivity contribution < 1.29 is 9.50 Å². The minimum atomic E-state index is -0.674. The molecule has 0 spiro atoms. The zero-order valence-electron chi connectivity index (χ0n) is 8.24. The highest BCUT2D eigenvalue weighted by atomic mass is 19.1. The smallest absolute Gasteiger partial charge is 0.125 e. The van der Waals surface area contributed by atoms with Gasteiger partial charge in [0.1, 0.15) is 5.82 Å². The molecule has 0 radical (unpaired) electrons. The third kappa shape index (κ3) is 1.64. The summed E-state index contributed by atoms with van der Waals surface area (Å²) < 4.78 is 12.9. The fourth-order valence-corrected chi connectivity index (χ4v) is 1.54. The molecule has 2 rings (SSSR count). The number of anilines is 1. The van der Waals surface area contributed by atoms with E-state index in [0.717, 1.165) is 0 Å². The molecule has 78 valence electrons. The molecular formula is C11H11FN2O. The summed E-state index contributed by atoms with van der Waals surface area (Å²) in [6, 6.07) is 4.21. The number of nitrogens with zero attached hydrogens (tertiary/aromatic N) is 1. The molecule has 1 unspecified atom stereocenters. The van der Waals surface area contributed by atoms with Crippen molar-refractivity contribution in [2.75, 3.05) is 5.73 Å². The Labute approximate surface area is 86.4 Å². The van der Waals surface area contributed by atoms with Gasteiger partial charge in [0.2, 0.25) is 0 Å². The molecule has 2 aromatic rings. The van der Waals surface area contributed by atoms with E-state index in [1.165, 1.54) is 18.3 Å². The van der Waals surface area contributed by atoms with Gasteiger partial charge < -0.3 is 10.8 Å². The maximum Gasteiger partial charge on any atom is 0.125 e. The fraction of sp³-hybridized carbons (Fsp3) is 0.182. The second-order valence-corrected chi connectivity index (χ2v) is 3.46. The fourth-order valence-electron chi connectivity index (χ4n) is 1.54. The summed E-state index contributed by atoms with van der Waals surface area (Å²) in [4.78, 5) is 4.04. The number of hydrogen-bond donors (Lipinski definition) is 2. The van der Waals surface area contributed by atoms with Gasteiger partial charge in [0.15, 0.2) is 0 Å². The molecule has 0 fully saturated rings. The Balaban J connectivity index is 2.74. The Kier molecular flexibility index (Phi) is 2.28. The zero-order chi connectivity index (χ0) is 11.0. The van der Waals surface area contributed by atoms with E-state index >= 15 is 0 Å². The van der Waals surface area contributed by atoms with Gasteiger partial charge in [-0.1, -0.05) is 0 Å². The average Bonchev–Trinajstić information content (AvgIpc) is 2.17. The standard InChI is InChI=1S/C11H11FN2O/c1-6(15)9-5-14-10-4-7(12)2-3-8(10)11(9)13/h2-6,15H,1H3,(H2,13,14). The average molecular weight is 206 g/mol. The first-order valence-corrected chi connectivity index (χ1v) is 4.61. The highest BCUT2D eigenvalue weighted by Crippen LogP contribution is 2.27. The topological polar surface area (TPSA) is 59.1 Å². The molecule has 0 aliphatic rings. The van der Waals surface area contributed by atoms with Crippen molar-refractivity contribution in [3.05, 3.63) is 35.8 Å². The van der Waals surface area contributed by atoms with Gasteiger partial charge in [-0.15, -0.1) is 0 Å². The third-order valence-electron chi connectivity index (χ3n) is 2.35. The van der Waals surface area contributed by atoms with Crippen LogP contribution in [-0.4, -0.2) is 10.1 Å². The molecule has 3 nitrogen and oxygen atoms in total. The van der Waals surface area contributed by atoms with Crippen LogP contribution in [0.2, 0.25) is 0 Å². The number of aliphatic hydroxyl groups is 1. The van der Waals surface area contributed by atoms with E-state index < -0.39 is 6.10 Å². The molecule has 4 heteroatoms. The van der Waals surface area contributed by atoms with Gasteiger partial charge in [0.05, 0.1) is 11.6 Å². The van der Waals surface area contributed by atoms with E-state index in [1.807, 2.05) is 0 Å². The van der Waals surface area contributed by atoms with Gasteiger partial charge in [-0.2, -0.15) is 0 Å². The van der Waals surface area contributed by atoms with Gasteiger partial charge in [0.25, 0.3) is 0 Å². The highest BCUT2D eigenvalue weighted by molar-refractivity contribution is 5.91. The van der Waals surface area contributed by atoms with Crippen molar-refractivity contribution in [3.8, 4) is 0 Å². The van der Waals surface area contributed by atoms with Crippen LogP contribution in [0.1, 0.15) is 18.6 Å². The number of halogens is 1. The minimum Gasteiger partial charge on any atom is -0.398 e. The number of rotatable bonds is 1. The summed E-state index contributed by atoms with van der Waals surface area (Å²) in [7, 11) is 0. The van der Waals surface area contributed by atoms with Crippen molar-refractivity contribution in [3.63, 3.8) is 0 Å². The van der Waals surface area contributed by atoms with Gasteiger partial charge >= 0.3 is 0 Å². The van der Waals surface area contributed by atoms with Crippen LogP contribution < -0.4 is 5.73 Å². The summed E-state index contributed by atoms with van der Waals surface area (Å²) in [6.45, 7) is 1.61. The predicted octanol–water partition coefficient (Wildman–Crippen LogP) is 2.01. The molecule has 1 atom stereocenters. The van der Waals surface area contributed by atoms with Gasteiger partial charge in [-0.25, -0.2) is 4.39 Å². The van der Waals surface area contributed by atoms with Crippen molar-refractivity contribution in [2.45, 2.75) is 13.0 Å². The number of fused-ring (bicyclic) bond motifs is 1. The van der Waals surface area contributed by atoms with Crippen LogP contribution in [0.15, 0.2) is 24.4 Å². The van der Waals surface area contributed by atoms with Crippen LogP contribution in [0.3, 0.4) is 0 Å². The number of nitrogens with two attached hydrogens (primary N) is 1. The van der Waals surface area contributed by atoms with E-state index in [2.05, 4.69) is 4.98 Å². The third-order valence-corrected chi connectivity index (χ3v) is 2.35. The van der Waals surface area contributed by atoms with Crippen molar-refractivity contribution in [2.24, 2.45) is 0 Å². The molecule has 0 saturated heterocycles. The first-order valence-electron chi connectivity index (χ1n) is 4.61. The van der Waals surface area contributed by atoms with Crippen molar-refractivity contribution in [1.29, 1.82) is 0 Å². The number of aromatic nitrogens is 1. The lowest BCUT2D eigenvalue weighted by molar-refractivity contribution is 0.200. The second kappa shape index (κ2) is 3.47. The van der Waals surface area contributed by atoms with Crippen LogP contribution in [0.25, 0.3) is 10.9 Å². The van der Waals surface area contributed by atoms with E-state index in [9.17, 15) is 9.50 Å². The highest BCUT2D eigenvalue weighted by Gasteiger charge is 2.10. The molecule has 15 heavy (non-hydrogen) atoms. The minimum absolute atomic E-state index is 0.348. The van der Waals surface area contributed by atoms with Crippen LogP contribution in [-0.2, 0) is 0 Å². The maximum atomic E-state index is 12.9. The molecule has 1 aromatic heterocycles. The van der Waals surface area contributed by atoms with Gasteiger partial charge in [0, 0.05) is 28.9 Å². The van der Waals surface area contributed by atoms with Crippen LogP contribution in [0.4, 0.5) is 10.1 Å². The van der Waals surface area contributed by atoms with E-state index in [1.54, 1.807) is 13.0 Å². The molecule has 0 amide bonds. The number of hydrogen-bond acceptors (Lipinski definition) is 3. The van der Waals surface area contributed by atoms with E-state index in [-0.39, 0.29) is 5.82 Å². The summed E-state index contributed by atoms with van der Waals surface area (Å²) in [5, 5.41) is 10.1. The maximum absolute atomic E-state index is 12.9. The lowest BCUT2D eigenvalue weighted by Gasteiger charge is -2.10. The summed E-state index contributed by atoms with van der Waals surface area (Å²) in [5.74, 6) is -0.348. The van der Waals surface area contributed by atoms with Crippen molar-refractivity contribution in [1.82, 2.24) is 4.98 Å². The Bertz CT molecular complexity index is 511. The normalized spacial score (nSPS) is 13.0. The quantitative estimate of drug-likeness (QED) is 0.750. The molecular weight excluding hydrogens is 195 g/mol. The lowest BCUT2D eigenvalue weighted by atomic mass is 10.1. The first-order chi connectivity index (χ1) is 7.09. The number of nitrogen functional groups attached to an aromatic ring is 1. The van der Waals surface area contributed by atoms with Gasteiger partial charge in [-0.3, -0.25) is 4.98 Å². The molecule has 1 heterocycles. The van der Waals surface area contributed by atoms with Gasteiger partial charge in [-0.05, 0) is 19.1 Å². The first kappa shape index (κ1) is 9.86. The molecule has 0 aliphatic heterocycles. The summed E-state index contributed by atoms with van der Waals surface area (Å²) in [6.07, 6.45) is 0.800. The van der Waals surface area contributed by atoms with E-state index in [0.29, 0.717) is 22.2 Å². The monoisotopic (exact) mass is 206 g/mol. The Morgan fingerprint density at radius 2 is 2.20 bits per heavy atom. The largest absolute Gasteiger partial charge is 0.398 e. The van der Waals surface area contributed by atoms with Crippen molar-refractivity contribution >= 4 is 16.6 Å². The lowest BCUT2D eigenvalue weighted by Crippen LogP contribution is -2.00. The molecule has 3 N–H and O–H groups in total. The summed E-state index contributed by atoms with van der Waals surface area (Å²) in [5.41, 5.74) is 7.36.